The molecule has 1 fully saturated rings. The highest BCUT2D eigenvalue weighted by Gasteiger charge is 2.41. The van der Waals surface area contributed by atoms with Gasteiger partial charge in [-0.3, -0.25) is 0 Å². The summed E-state index contributed by atoms with van der Waals surface area (Å²) in [4.78, 5) is 0. The van der Waals surface area contributed by atoms with Gasteiger partial charge in [0.15, 0.2) is 0 Å². The summed E-state index contributed by atoms with van der Waals surface area (Å²) in [5.74, 6) is 0. The molecule has 1 saturated carbocycles. The monoisotopic (exact) mass is 177 g/mol. The second-order valence-electron chi connectivity index (χ2n) is 3.78. The van der Waals surface area contributed by atoms with Gasteiger partial charge in [0, 0.05) is 12.1 Å². The van der Waals surface area contributed by atoms with Gasteiger partial charge in [0.25, 0.3) is 0 Å². The molecule has 2 rings (SSSR count). The summed E-state index contributed by atoms with van der Waals surface area (Å²) < 4.78 is 0. The molecule has 0 unspecified atom stereocenters. The van der Waals surface area contributed by atoms with Crippen molar-refractivity contribution in [1.82, 2.24) is 5.32 Å². The van der Waals surface area contributed by atoms with Crippen molar-refractivity contribution >= 4 is 0 Å². The van der Waals surface area contributed by atoms with E-state index >= 15 is 0 Å². The molecule has 0 saturated heterocycles. The Morgan fingerprint density at radius 3 is 2.46 bits per heavy atom. The van der Waals surface area contributed by atoms with E-state index in [2.05, 4.69) is 17.4 Å². The number of rotatable bonds is 4. The van der Waals surface area contributed by atoms with Crippen LogP contribution in [-0.4, -0.2) is 17.3 Å². The van der Waals surface area contributed by atoms with Crippen molar-refractivity contribution < 1.29 is 5.11 Å². The number of aliphatic hydroxyl groups excluding tert-OH is 1. The van der Waals surface area contributed by atoms with Crippen molar-refractivity contribution in [3.05, 3.63) is 35.9 Å². The summed E-state index contributed by atoms with van der Waals surface area (Å²) in [6.45, 7) is 1.13. The summed E-state index contributed by atoms with van der Waals surface area (Å²) in [6, 6.07) is 10.3. The van der Waals surface area contributed by atoms with Gasteiger partial charge < -0.3 is 10.4 Å². The number of nitrogens with one attached hydrogen (secondary N) is 1. The Morgan fingerprint density at radius 1 is 1.23 bits per heavy atom. The Kier molecular flexibility index (Phi) is 2.34. The zero-order valence-corrected chi connectivity index (χ0v) is 7.66. The fourth-order valence-corrected chi connectivity index (χ4v) is 1.43. The zero-order valence-electron chi connectivity index (χ0n) is 7.66. The van der Waals surface area contributed by atoms with Crippen molar-refractivity contribution in [3.63, 3.8) is 0 Å². The quantitative estimate of drug-likeness (QED) is 0.726. The fraction of sp³-hybridized carbons (Fsp3) is 0.455. The Bertz CT molecular complexity index is 267. The van der Waals surface area contributed by atoms with Crippen LogP contribution >= 0.6 is 0 Å². The molecule has 0 bridgehead atoms. The van der Waals surface area contributed by atoms with E-state index < -0.39 is 0 Å². The summed E-state index contributed by atoms with van der Waals surface area (Å²) in [5, 5.41) is 12.5. The Labute approximate surface area is 78.6 Å². The molecule has 0 spiro atoms. The zero-order chi connectivity index (χ0) is 9.15. The summed E-state index contributed by atoms with van der Waals surface area (Å²) >= 11 is 0. The minimum absolute atomic E-state index is 0.0514. The van der Waals surface area contributed by atoms with E-state index in [9.17, 15) is 0 Å². The number of aliphatic hydroxyl groups is 1. The van der Waals surface area contributed by atoms with Gasteiger partial charge in [-0.25, -0.2) is 0 Å². The topological polar surface area (TPSA) is 32.3 Å². The Balaban J connectivity index is 1.86. The van der Waals surface area contributed by atoms with Crippen LogP contribution in [0.4, 0.5) is 0 Å². The predicted octanol–water partition coefficient (Wildman–Crippen LogP) is 1.30. The van der Waals surface area contributed by atoms with Crippen LogP contribution in [0.15, 0.2) is 30.3 Å². The van der Waals surface area contributed by atoms with Gasteiger partial charge >= 0.3 is 0 Å². The lowest BCUT2D eigenvalue weighted by Crippen LogP contribution is -2.34. The van der Waals surface area contributed by atoms with E-state index in [0.717, 1.165) is 19.4 Å². The first-order chi connectivity index (χ1) is 6.35. The van der Waals surface area contributed by atoms with Gasteiger partial charge in [-0.1, -0.05) is 30.3 Å². The van der Waals surface area contributed by atoms with Gasteiger partial charge in [0.05, 0.1) is 6.61 Å². The first-order valence-corrected chi connectivity index (χ1v) is 4.74. The lowest BCUT2D eigenvalue weighted by molar-refractivity contribution is 0.229. The maximum absolute atomic E-state index is 9.07. The molecule has 2 N–H and O–H groups in total. The SMILES string of the molecule is OCC1(NCc2ccccc2)CC1. The Morgan fingerprint density at radius 2 is 1.92 bits per heavy atom. The van der Waals surface area contributed by atoms with Gasteiger partial charge in [-0.05, 0) is 18.4 Å². The number of benzene rings is 1. The fourth-order valence-electron chi connectivity index (χ4n) is 1.43. The molecule has 0 aliphatic heterocycles. The second kappa shape index (κ2) is 3.48. The molecule has 0 radical (unpaired) electrons. The largest absolute Gasteiger partial charge is 0.394 e. The van der Waals surface area contributed by atoms with Gasteiger partial charge in [-0.15, -0.1) is 0 Å². The molecule has 0 atom stereocenters. The van der Waals surface area contributed by atoms with Crippen molar-refractivity contribution in [2.45, 2.75) is 24.9 Å². The highest BCUT2D eigenvalue weighted by molar-refractivity contribution is 5.15. The molecule has 0 aromatic heterocycles. The molecule has 1 aliphatic rings. The second-order valence-corrected chi connectivity index (χ2v) is 3.78. The molecule has 0 heterocycles. The van der Waals surface area contributed by atoms with Crippen molar-refractivity contribution in [1.29, 1.82) is 0 Å². The molecule has 1 aromatic carbocycles. The average Bonchev–Trinajstić information content (AvgIpc) is 2.97. The van der Waals surface area contributed by atoms with E-state index in [-0.39, 0.29) is 12.1 Å². The van der Waals surface area contributed by atoms with Crippen LogP contribution < -0.4 is 5.32 Å². The third kappa shape index (κ3) is 2.08. The van der Waals surface area contributed by atoms with Crippen molar-refractivity contribution in [3.8, 4) is 0 Å². The van der Waals surface area contributed by atoms with Crippen LogP contribution in [0.25, 0.3) is 0 Å². The third-order valence-electron chi connectivity index (χ3n) is 2.67. The molecule has 0 amide bonds. The minimum Gasteiger partial charge on any atom is -0.394 e. The molecule has 1 aromatic rings. The molecule has 13 heavy (non-hydrogen) atoms. The van der Waals surface area contributed by atoms with E-state index in [1.165, 1.54) is 5.56 Å². The highest BCUT2D eigenvalue weighted by Crippen LogP contribution is 2.34. The number of hydrogen-bond acceptors (Lipinski definition) is 2. The van der Waals surface area contributed by atoms with Crippen LogP contribution in [0, 0.1) is 0 Å². The van der Waals surface area contributed by atoms with E-state index in [0.29, 0.717) is 0 Å². The highest BCUT2D eigenvalue weighted by atomic mass is 16.3. The van der Waals surface area contributed by atoms with Crippen LogP contribution in [0.5, 0.6) is 0 Å². The summed E-state index contributed by atoms with van der Waals surface area (Å²) in [7, 11) is 0. The average molecular weight is 177 g/mol. The molecule has 2 heteroatoms. The van der Waals surface area contributed by atoms with Gasteiger partial charge in [0.1, 0.15) is 0 Å². The molecule has 1 aliphatic carbocycles. The lowest BCUT2D eigenvalue weighted by Gasteiger charge is -2.13. The first kappa shape index (κ1) is 8.73. The van der Waals surface area contributed by atoms with Crippen molar-refractivity contribution in [2.75, 3.05) is 6.61 Å². The normalized spacial score (nSPS) is 18.5. The maximum atomic E-state index is 9.07. The van der Waals surface area contributed by atoms with Gasteiger partial charge in [-0.2, -0.15) is 0 Å². The number of hydrogen-bond donors (Lipinski definition) is 2. The minimum atomic E-state index is 0.0514. The van der Waals surface area contributed by atoms with Crippen LogP contribution in [0.1, 0.15) is 18.4 Å². The van der Waals surface area contributed by atoms with Crippen LogP contribution in [0.2, 0.25) is 0 Å². The summed E-state index contributed by atoms with van der Waals surface area (Å²) in [6.07, 6.45) is 2.21. The van der Waals surface area contributed by atoms with Crippen LogP contribution in [-0.2, 0) is 6.54 Å². The molecule has 70 valence electrons. The van der Waals surface area contributed by atoms with E-state index in [4.69, 9.17) is 5.11 Å². The van der Waals surface area contributed by atoms with Crippen LogP contribution in [0.3, 0.4) is 0 Å². The molecular formula is C11H15NO. The summed E-state index contributed by atoms with van der Waals surface area (Å²) in [5.41, 5.74) is 1.33. The third-order valence-corrected chi connectivity index (χ3v) is 2.67. The standard InChI is InChI=1S/C11H15NO/c13-9-11(6-7-11)12-8-10-4-2-1-3-5-10/h1-5,12-13H,6-9H2. The Hall–Kier alpha value is -0.860. The molecular weight excluding hydrogens is 162 g/mol. The van der Waals surface area contributed by atoms with Crippen molar-refractivity contribution in [2.24, 2.45) is 0 Å². The smallest absolute Gasteiger partial charge is 0.0613 e. The maximum Gasteiger partial charge on any atom is 0.0613 e. The lowest BCUT2D eigenvalue weighted by atomic mass is 10.2. The van der Waals surface area contributed by atoms with Gasteiger partial charge in [0.2, 0.25) is 0 Å². The first-order valence-electron chi connectivity index (χ1n) is 4.74. The van der Waals surface area contributed by atoms with E-state index in [1.807, 2.05) is 18.2 Å². The predicted molar refractivity (Wildman–Crippen MR) is 52.3 cm³/mol. The van der Waals surface area contributed by atoms with E-state index in [1.54, 1.807) is 0 Å². The molecule has 2 nitrogen and oxygen atoms in total.